The first-order chi connectivity index (χ1) is 10.1. The second-order valence-corrected chi connectivity index (χ2v) is 5.40. The first-order valence-corrected chi connectivity index (χ1v) is 7.37. The van der Waals surface area contributed by atoms with E-state index in [2.05, 4.69) is 5.32 Å². The van der Waals surface area contributed by atoms with Crippen LogP contribution in [0.15, 0.2) is 54.6 Å². The molecule has 2 rings (SSSR count). The molecule has 0 heterocycles. The molecule has 3 nitrogen and oxygen atoms in total. The molecule has 0 radical (unpaired) electrons. The van der Waals surface area contributed by atoms with Crippen molar-refractivity contribution < 1.29 is 9.84 Å². The topological polar surface area (TPSA) is 41.5 Å². The van der Waals surface area contributed by atoms with E-state index in [-0.39, 0.29) is 12.6 Å². The summed E-state index contributed by atoms with van der Waals surface area (Å²) in [6, 6.07) is 17.3. The molecule has 21 heavy (non-hydrogen) atoms. The maximum absolute atomic E-state index is 9.95. The van der Waals surface area contributed by atoms with Crippen molar-refractivity contribution in [3.8, 4) is 5.75 Å². The third-order valence-electron chi connectivity index (χ3n) is 3.19. The second-order valence-electron chi connectivity index (χ2n) is 4.96. The number of hydrogen-bond donors (Lipinski definition) is 2. The number of para-hydroxylation sites is 1. The Morgan fingerprint density at radius 2 is 1.90 bits per heavy atom. The molecule has 1 unspecified atom stereocenters. The molecule has 0 bridgehead atoms. The Hall–Kier alpha value is -1.55. The van der Waals surface area contributed by atoms with Gasteiger partial charge in [0.05, 0.1) is 0 Å². The number of ether oxygens (including phenoxy) is 1. The van der Waals surface area contributed by atoms with Crippen LogP contribution in [-0.4, -0.2) is 24.4 Å². The van der Waals surface area contributed by atoms with E-state index in [9.17, 15) is 5.11 Å². The van der Waals surface area contributed by atoms with E-state index in [1.54, 1.807) is 0 Å². The molecule has 2 atom stereocenters. The summed E-state index contributed by atoms with van der Waals surface area (Å²) in [7, 11) is 0. The predicted molar refractivity (Wildman–Crippen MR) is 85.8 cm³/mol. The lowest BCUT2D eigenvalue weighted by molar-refractivity contribution is 0.104. The minimum atomic E-state index is -0.563. The van der Waals surface area contributed by atoms with Crippen LogP contribution in [0.1, 0.15) is 18.5 Å². The highest BCUT2D eigenvalue weighted by Crippen LogP contribution is 2.17. The van der Waals surface area contributed by atoms with Crippen LogP contribution < -0.4 is 10.1 Å². The molecule has 0 fully saturated rings. The smallest absolute Gasteiger partial charge is 0.119 e. The molecule has 0 amide bonds. The average molecular weight is 306 g/mol. The van der Waals surface area contributed by atoms with Crippen molar-refractivity contribution in [1.29, 1.82) is 0 Å². The Bertz CT molecular complexity index is 547. The monoisotopic (exact) mass is 305 g/mol. The Morgan fingerprint density at radius 1 is 1.14 bits per heavy atom. The summed E-state index contributed by atoms with van der Waals surface area (Å²) in [5, 5.41) is 13.9. The maximum Gasteiger partial charge on any atom is 0.119 e. The molecule has 0 saturated heterocycles. The number of benzene rings is 2. The number of hydrogen-bond acceptors (Lipinski definition) is 3. The molecule has 0 aliphatic carbocycles. The first-order valence-electron chi connectivity index (χ1n) is 7.00. The molecule has 2 N–H and O–H groups in total. The van der Waals surface area contributed by atoms with Gasteiger partial charge in [-0.3, -0.25) is 0 Å². The Labute approximate surface area is 130 Å². The summed E-state index contributed by atoms with van der Waals surface area (Å²) in [5.74, 6) is 0.763. The van der Waals surface area contributed by atoms with Crippen molar-refractivity contribution in [1.82, 2.24) is 5.32 Å². The molecule has 2 aromatic carbocycles. The minimum absolute atomic E-state index is 0.120. The molecule has 0 spiro atoms. The van der Waals surface area contributed by atoms with Crippen molar-refractivity contribution in [2.75, 3.05) is 13.2 Å². The fourth-order valence-corrected chi connectivity index (χ4v) is 2.17. The van der Waals surface area contributed by atoms with Crippen LogP contribution in [0.4, 0.5) is 0 Å². The third kappa shape index (κ3) is 5.38. The fraction of sp³-hybridized carbons (Fsp3) is 0.294. The fourth-order valence-electron chi connectivity index (χ4n) is 1.97. The van der Waals surface area contributed by atoms with Gasteiger partial charge in [-0.05, 0) is 36.8 Å². The predicted octanol–water partition coefficient (Wildman–Crippen LogP) is 3.43. The number of halogens is 1. The van der Waals surface area contributed by atoms with Gasteiger partial charge in [-0.25, -0.2) is 0 Å². The lowest BCUT2D eigenvalue weighted by Gasteiger charge is -2.18. The van der Waals surface area contributed by atoms with Gasteiger partial charge in [-0.15, -0.1) is 0 Å². The van der Waals surface area contributed by atoms with E-state index in [1.165, 1.54) is 0 Å². The Balaban J connectivity index is 1.74. The lowest BCUT2D eigenvalue weighted by Crippen LogP contribution is -2.33. The molecule has 2 aromatic rings. The lowest BCUT2D eigenvalue weighted by atomic mass is 10.1. The number of aliphatic hydroxyl groups excluding tert-OH is 1. The molecular weight excluding hydrogens is 286 g/mol. The van der Waals surface area contributed by atoms with Crippen LogP contribution in [0, 0.1) is 0 Å². The quantitative estimate of drug-likeness (QED) is 0.823. The van der Waals surface area contributed by atoms with Crippen LogP contribution in [-0.2, 0) is 0 Å². The van der Waals surface area contributed by atoms with E-state index in [4.69, 9.17) is 16.3 Å². The van der Waals surface area contributed by atoms with Crippen molar-refractivity contribution in [3.05, 3.63) is 65.2 Å². The van der Waals surface area contributed by atoms with Crippen molar-refractivity contribution in [2.24, 2.45) is 0 Å². The highest BCUT2D eigenvalue weighted by atomic mass is 35.5. The highest BCUT2D eigenvalue weighted by molar-refractivity contribution is 6.30. The zero-order valence-corrected chi connectivity index (χ0v) is 12.8. The zero-order chi connectivity index (χ0) is 15.1. The summed E-state index contributed by atoms with van der Waals surface area (Å²) >= 11 is 5.97. The summed E-state index contributed by atoms with van der Waals surface area (Å²) in [5.41, 5.74) is 1.10. The summed E-state index contributed by atoms with van der Waals surface area (Å²) in [4.78, 5) is 0. The van der Waals surface area contributed by atoms with Crippen molar-refractivity contribution in [3.63, 3.8) is 0 Å². The van der Waals surface area contributed by atoms with E-state index < -0.39 is 6.10 Å². The van der Waals surface area contributed by atoms with Crippen molar-refractivity contribution >= 4 is 11.6 Å². The second kappa shape index (κ2) is 8.03. The first kappa shape index (κ1) is 15.8. The van der Waals surface area contributed by atoms with E-state index in [1.807, 2.05) is 61.5 Å². The molecule has 0 saturated carbocycles. The summed E-state index contributed by atoms with van der Waals surface area (Å²) in [6.07, 6.45) is -0.563. The molecule has 4 heteroatoms. The van der Waals surface area contributed by atoms with Crippen LogP contribution in [0.2, 0.25) is 5.02 Å². The van der Waals surface area contributed by atoms with Crippen LogP contribution in [0.5, 0.6) is 5.75 Å². The van der Waals surface area contributed by atoms with Crippen molar-refractivity contribution in [2.45, 2.75) is 19.1 Å². The Morgan fingerprint density at radius 3 is 2.62 bits per heavy atom. The molecule has 112 valence electrons. The van der Waals surface area contributed by atoms with Gasteiger partial charge in [0.1, 0.15) is 18.5 Å². The van der Waals surface area contributed by atoms with Crippen LogP contribution in [0.3, 0.4) is 0 Å². The summed E-state index contributed by atoms with van der Waals surface area (Å²) < 4.78 is 5.51. The van der Waals surface area contributed by atoms with E-state index in [0.717, 1.165) is 11.3 Å². The van der Waals surface area contributed by atoms with Gasteiger partial charge in [0.2, 0.25) is 0 Å². The third-order valence-corrected chi connectivity index (χ3v) is 3.43. The molecule has 0 aromatic heterocycles. The number of nitrogens with one attached hydrogen (secondary N) is 1. The zero-order valence-electron chi connectivity index (χ0n) is 12.0. The van der Waals surface area contributed by atoms with Gasteiger partial charge in [-0.1, -0.05) is 41.9 Å². The minimum Gasteiger partial charge on any atom is -0.491 e. The molecule has 0 aliphatic rings. The van der Waals surface area contributed by atoms with Crippen LogP contribution in [0.25, 0.3) is 0 Å². The highest BCUT2D eigenvalue weighted by Gasteiger charge is 2.09. The molecule has 0 aliphatic heterocycles. The van der Waals surface area contributed by atoms with Gasteiger partial charge >= 0.3 is 0 Å². The van der Waals surface area contributed by atoms with Gasteiger partial charge in [0.15, 0.2) is 0 Å². The average Bonchev–Trinajstić information content (AvgIpc) is 2.51. The standard InChI is InChI=1S/C17H20ClNO2/c1-13(14-6-5-7-15(18)10-14)19-11-16(20)12-21-17-8-3-2-4-9-17/h2-10,13,16,19-20H,11-12H2,1H3/t13-,16?/m1/s1. The SMILES string of the molecule is C[C@@H](NCC(O)COc1ccccc1)c1cccc(Cl)c1. The van der Waals surface area contributed by atoms with Gasteiger partial charge in [-0.2, -0.15) is 0 Å². The largest absolute Gasteiger partial charge is 0.491 e. The maximum atomic E-state index is 9.95. The number of rotatable bonds is 7. The Kier molecular flexibility index (Phi) is 6.05. The normalized spacial score (nSPS) is 13.7. The van der Waals surface area contributed by atoms with Gasteiger partial charge in [0, 0.05) is 17.6 Å². The molecular formula is C17H20ClNO2. The van der Waals surface area contributed by atoms with Gasteiger partial charge in [0.25, 0.3) is 0 Å². The van der Waals surface area contributed by atoms with E-state index >= 15 is 0 Å². The van der Waals surface area contributed by atoms with E-state index in [0.29, 0.717) is 11.6 Å². The number of aliphatic hydroxyl groups is 1. The van der Waals surface area contributed by atoms with Crippen LogP contribution >= 0.6 is 11.6 Å². The summed E-state index contributed by atoms with van der Waals surface area (Å²) in [6.45, 7) is 2.76. The van der Waals surface area contributed by atoms with Gasteiger partial charge < -0.3 is 15.2 Å².